The summed E-state index contributed by atoms with van der Waals surface area (Å²) in [5, 5.41) is 2.62. The van der Waals surface area contributed by atoms with Crippen molar-refractivity contribution in [3.8, 4) is 0 Å². The maximum absolute atomic E-state index is 12.1. The minimum atomic E-state index is -0.839. The van der Waals surface area contributed by atoms with Crippen LogP contribution in [0.2, 0.25) is 5.02 Å². The van der Waals surface area contributed by atoms with Crippen LogP contribution in [0.3, 0.4) is 0 Å². The summed E-state index contributed by atoms with van der Waals surface area (Å²) >= 11 is 5.89. The largest absolute Gasteiger partial charge is 0.352 e. The van der Waals surface area contributed by atoms with Gasteiger partial charge >= 0.3 is 6.03 Å². The van der Waals surface area contributed by atoms with Crippen molar-refractivity contribution in [2.45, 2.75) is 26.3 Å². The molecule has 4 amide bonds. The van der Waals surface area contributed by atoms with E-state index in [-0.39, 0.29) is 16.5 Å². The SMILES string of the molecule is CC[C@H](C)[C@H](NC(N)=O)C(=O)NNC(=O)c1ccccc1Cl. The van der Waals surface area contributed by atoms with Crippen LogP contribution in [-0.2, 0) is 4.79 Å². The normalized spacial score (nSPS) is 12.9. The van der Waals surface area contributed by atoms with Crippen molar-refractivity contribution >= 4 is 29.4 Å². The second-order valence-corrected chi connectivity index (χ2v) is 5.20. The molecule has 0 saturated carbocycles. The zero-order valence-electron chi connectivity index (χ0n) is 12.4. The molecule has 1 rings (SSSR count). The van der Waals surface area contributed by atoms with Crippen LogP contribution in [-0.4, -0.2) is 23.9 Å². The molecule has 0 aliphatic heterocycles. The molecule has 1 aromatic carbocycles. The van der Waals surface area contributed by atoms with Gasteiger partial charge in [-0.05, 0) is 18.1 Å². The van der Waals surface area contributed by atoms with E-state index in [1.54, 1.807) is 25.1 Å². The molecule has 0 aromatic heterocycles. The highest BCUT2D eigenvalue weighted by Crippen LogP contribution is 2.14. The van der Waals surface area contributed by atoms with Gasteiger partial charge < -0.3 is 11.1 Å². The number of benzene rings is 1. The van der Waals surface area contributed by atoms with Gasteiger partial charge in [-0.2, -0.15) is 0 Å². The predicted molar refractivity (Wildman–Crippen MR) is 83.0 cm³/mol. The lowest BCUT2D eigenvalue weighted by Gasteiger charge is -2.22. The van der Waals surface area contributed by atoms with E-state index in [0.29, 0.717) is 6.42 Å². The van der Waals surface area contributed by atoms with Crippen molar-refractivity contribution in [1.82, 2.24) is 16.2 Å². The molecule has 22 heavy (non-hydrogen) atoms. The van der Waals surface area contributed by atoms with Gasteiger partial charge in [0.2, 0.25) is 0 Å². The Morgan fingerprint density at radius 3 is 2.41 bits per heavy atom. The fraction of sp³-hybridized carbons (Fsp3) is 0.357. The number of hydrogen-bond donors (Lipinski definition) is 4. The molecular weight excluding hydrogens is 308 g/mol. The average molecular weight is 327 g/mol. The molecule has 0 saturated heterocycles. The third-order valence-electron chi connectivity index (χ3n) is 3.21. The fourth-order valence-corrected chi connectivity index (χ4v) is 1.99. The lowest BCUT2D eigenvalue weighted by atomic mass is 9.99. The molecular formula is C14H19ClN4O3. The summed E-state index contributed by atoms with van der Waals surface area (Å²) < 4.78 is 0. The Bertz CT molecular complexity index is 565. The fourth-order valence-electron chi connectivity index (χ4n) is 1.76. The number of carbonyl (C=O) groups excluding carboxylic acids is 3. The summed E-state index contributed by atoms with van der Waals surface area (Å²) in [5.41, 5.74) is 9.80. The van der Waals surface area contributed by atoms with Crippen LogP contribution in [0.1, 0.15) is 30.6 Å². The minimum absolute atomic E-state index is 0.148. The standard InChI is InChI=1S/C14H19ClN4O3/c1-3-8(2)11(17-14(16)22)13(21)19-18-12(20)9-6-4-5-7-10(9)15/h4-8,11H,3H2,1-2H3,(H,18,20)(H,19,21)(H3,16,17,22)/t8-,11-/m0/s1. The molecule has 0 heterocycles. The Morgan fingerprint density at radius 2 is 1.86 bits per heavy atom. The third kappa shape index (κ3) is 4.92. The van der Waals surface area contributed by atoms with Gasteiger partial charge in [-0.3, -0.25) is 20.4 Å². The third-order valence-corrected chi connectivity index (χ3v) is 3.54. The summed E-state index contributed by atoms with van der Waals surface area (Å²) in [6.07, 6.45) is 0.650. The maximum atomic E-state index is 12.1. The Kier molecular flexibility index (Phi) is 6.65. The lowest BCUT2D eigenvalue weighted by Crippen LogP contribution is -2.55. The Labute approximate surface area is 133 Å². The van der Waals surface area contributed by atoms with Crippen LogP contribution < -0.4 is 21.9 Å². The molecule has 0 fully saturated rings. The average Bonchev–Trinajstić information content (AvgIpc) is 2.49. The number of carbonyl (C=O) groups is 3. The summed E-state index contributed by atoms with van der Waals surface area (Å²) in [6, 6.07) is 4.78. The van der Waals surface area contributed by atoms with Gasteiger partial charge in [0, 0.05) is 0 Å². The van der Waals surface area contributed by atoms with Gasteiger partial charge in [-0.25, -0.2) is 4.79 Å². The minimum Gasteiger partial charge on any atom is -0.352 e. The van der Waals surface area contributed by atoms with Crippen LogP contribution in [0.25, 0.3) is 0 Å². The molecule has 8 heteroatoms. The number of nitrogens with one attached hydrogen (secondary N) is 3. The first-order valence-corrected chi connectivity index (χ1v) is 7.15. The van der Waals surface area contributed by atoms with E-state index in [0.717, 1.165) is 0 Å². The lowest BCUT2D eigenvalue weighted by molar-refractivity contribution is -0.124. The smallest absolute Gasteiger partial charge is 0.312 e. The number of urea groups is 1. The number of primary amides is 1. The van der Waals surface area contributed by atoms with Crippen LogP contribution in [0.5, 0.6) is 0 Å². The summed E-state index contributed by atoms with van der Waals surface area (Å²) in [4.78, 5) is 35.0. The van der Waals surface area contributed by atoms with Crippen LogP contribution in [0.15, 0.2) is 24.3 Å². The Hall–Kier alpha value is -2.28. The topological polar surface area (TPSA) is 113 Å². The molecule has 1 aromatic rings. The zero-order valence-corrected chi connectivity index (χ0v) is 13.1. The van der Waals surface area contributed by atoms with Crippen molar-refractivity contribution in [2.24, 2.45) is 11.7 Å². The first-order valence-electron chi connectivity index (χ1n) is 6.77. The number of rotatable bonds is 5. The number of nitrogens with two attached hydrogens (primary N) is 1. The molecule has 0 radical (unpaired) electrons. The monoisotopic (exact) mass is 326 g/mol. The van der Waals surface area contributed by atoms with Crippen molar-refractivity contribution < 1.29 is 14.4 Å². The highest BCUT2D eigenvalue weighted by Gasteiger charge is 2.25. The van der Waals surface area contributed by atoms with E-state index in [4.69, 9.17) is 17.3 Å². The summed E-state index contributed by atoms with van der Waals surface area (Å²) in [7, 11) is 0. The number of halogens is 1. The number of hydrogen-bond acceptors (Lipinski definition) is 3. The van der Waals surface area contributed by atoms with E-state index in [1.807, 2.05) is 6.92 Å². The molecule has 0 aliphatic rings. The molecule has 2 atom stereocenters. The van der Waals surface area contributed by atoms with Crippen LogP contribution in [0, 0.1) is 5.92 Å². The van der Waals surface area contributed by atoms with E-state index in [1.165, 1.54) is 6.07 Å². The second kappa shape index (κ2) is 8.23. The molecule has 0 aliphatic carbocycles. The highest BCUT2D eigenvalue weighted by molar-refractivity contribution is 6.33. The van der Waals surface area contributed by atoms with E-state index < -0.39 is 23.9 Å². The summed E-state index contributed by atoms with van der Waals surface area (Å²) in [5.74, 6) is -1.26. The highest BCUT2D eigenvalue weighted by atomic mass is 35.5. The van der Waals surface area contributed by atoms with E-state index in [9.17, 15) is 14.4 Å². The Morgan fingerprint density at radius 1 is 1.23 bits per heavy atom. The second-order valence-electron chi connectivity index (χ2n) is 4.80. The first-order chi connectivity index (χ1) is 10.4. The zero-order chi connectivity index (χ0) is 16.7. The molecule has 0 spiro atoms. The Balaban J connectivity index is 2.68. The van der Waals surface area contributed by atoms with Gasteiger partial charge in [-0.15, -0.1) is 0 Å². The van der Waals surface area contributed by atoms with Gasteiger partial charge in [0.25, 0.3) is 11.8 Å². The van der Waals surface area contributed by atoms with Crippen molar-refractivity contribution in [2.75, 3.05) is 0 Å². The van der Waals surface area contributed by atoms with Gasteiger partial charge in [0.1, 0.15) is 6.04 Å². The van der Waals surface area contributed by atoms with Gasteiger partial charge in [0.15, 0.2) is 0 Å². The van der Waals surface area contributed by atoms with Crippen molar-refractivity contribution in [3.63, 3.8) is 0 Å². The van der Waals surface area contributed by atoms with Crippen molar-refractivity contribution in [1.29, 1.82) is 0 Å². The molecule has 5 N–H and O–H groups in total. The number of amides is 4. The maximum Gasteiger partial charge on any atom is 0.312 e. The molecule has 7 nitrogen and oxygen atoms in total. The predicted octanol–water partition coefficient (Wildman–Crippen LogP) is 1.18. The van der Waals surface area contributed by atoms with Crippen LogP contribution >= 0.6 is 11.6 Å². The quantitative estimate of drug-likeness (QED) is 0.609. The first kappa shape index (κ1) is 17.8. The van der Waals surface area contributed by atoms with E-state index in [2.05, 4.69) is 16.2 Å². The van der Waals surface area contributed by atoms with E-state index >= 15 is 0 Å². The van der Waals surface area contributed by atoms with Gasteiger partial charge in [-0.1, -0.05) is 44.0 Å². The molecule has 0 bridgehead atoms. The van der Waals surface area contributed by atoms with Crippen LogP contribution in [0.4, 0.5) is 4.79 Å². The molecule has 120 valence electrons. The molecule has 0 unspecified atom stereocenters. The number of hydrazine groups is 1. The van der Waals surface area contributed by atoms with Crippen molar-refractivity contribution in [3.05, 3.63) is 34.9 Å². The van der Waals surface area contributed by atoms with Gasteiger partial charge in [0.05, 0.1) is 10.6 Å². The summed E-state index contributed by atoms with van der Waals surface area (Å²) in [6.45, 7) is 3.66.